The maximum atomic E-state index is 12.2. The Labute approximate surface area is 155 Å². The first-order valence-corrected chi connectivity index (χ1v) is 9.40. The Hall–Kier alpha value is -2.17. The molecule has 0 bridgehead atoms. The fraction of sp³-hybridized carbons (Fsp3) is 0.409. The smallest absolute Gasteiger partial charge is 0.338 e. The van der Waals surface area contributed by atoms with Gasteiger partial charge in [-0.3, -0.25) is 4.90 Å². The van der Waals surface area contributed by atoms with Crippen LogP contribution in [0.15, 0.2) is 48.5 Å². The van der Waals surface area contributed by atoms with Crippen molar-refractivity contribution in [3.05, 3.63) is 59.7 Å². The van der Waals surface area contributed by atoms with Gasteiger partial charge in [-0.25, -0.2) is 4.79 Å². The van der Waals surface area contributed by atoms with E-state index in [2.05, 4.69) is 17.0 Å². The minimum absolute atomic E-state index is 0.262. The molecule has 138 valence electrons. The monoisotopic (exact) mass is 353 g/mol. The third-order valence-electron chi connectivity index (χ3n) is 4.73. The van der Waals surface area contributed by atoms with E-state index >= 15 is 0 Å². The van der Waals surface area contributed by atoms with Gasteiger partial charge in [0.2, 0.25) is 0 Å². The molecule has 1 fully saturated rings. The highest BCUT2D eigenvalue weighted by molar-refractivity contribution is 5.90. The summed E-state index contributed by atoms with van der Waals surface area (Å²) in [5.74, 6) is -0.262. The van der Waals surface area contributed by atoms with E-state index in [0.717, 1.165) is 38.2 Å². The van der Waals surface area contributed by atoms with Gasteiger partial charge >= 0.3 is 5.97 Å². The predicted molar refractivity (Wildman–Crippen MR) is 103 cm³/mol. The summed E-state index contributed by atoms with van der Waals surface area (Å²) in [6.45, 7) is 7.77. The lowest BCUT2D eigenvalue weighted by Gasteiger charge is -2.19. The van der Waals surface area contributed by atoms with E-state index in [4.69, 9.17) is 9.47 Å². The first-order valence-electron chi connectivity index (χ1n) is 9.40. The Morgan fingerprint density at radius 1 is 1.12 bits per heavy atom. The summed E-state index contributed by atoms with van der Waals surface area (Å²) in [6, 6.07) is 16.2. The van der Waals surface area contributed by atoms with Crippen LogP contribution >= 0.6 is 0 Å². The molecule has 4 heteroatoms. The SMILES string of the molecule is CCOC(=O)c1ccc(-c2ccccc2)c(CN2CCC(OCC)C2)c1. The Morgan fingerprint density at radius 2 is 1.92 bits per heavy atom. The molecule has 1 atom stereocenters. The summed E-state index contributed by atoms with van der Waals surface area (Å²) < 4.78 is 10.9. The molecule has 0 aliphatic carbocycles. The number of rotatable bonds is 7. The van der Waals surface area contributed by atoms with Crippen molar-refractivity contribution in [2.24, 2.45) is 0 Å². The average Bonchev–Trinajstić information content (AvgIpc) is 3.10. The quantitative estimate of drug-likeness (QED) is 0.701. The lowest BCUT2D eigenvalue weighted by Crippen LogP contribution is -2.23. The van der Waals surface area contributed by atoms with Gasteiger partial charge in [0.05, 0.1) is 18.3 Å². The zero-order valence-corrected chi connectivity index (χ0v) is 15.6. The Morgan fingerprint density at radius 3 is 2.65 bits per heavy atom. The molecule has 1 unspecified atom stereocenters. The molecule has 2 aromatic carbocycles. The summed E-state index contributed by atoms with van der Waals surface area (Å²) in [4.78, 5) is 14.6. The molecule has 1 aliphatic rings. The summed E-state index contributed by atoms with van der Waals surface area (Å²) in [6.07, 6.45) is 1.37. The minimum Gasteiger partial charge on any atom is -0.462 e. The molecule has 0 saturated carbocycles. The van der Waals surface area contributed by atoms with Gasteiger partial charge < -0.3 is 9.47 Å². The van der Waals surface area contributed by atoms with Gasteiger partial charge in [-0.15, -0.1) is 0 Å². The molecule has 0 N–H and O–H groups in total. The maximum Gasteiger partial charge on any atom is 0.338 e. The first kappa shape index (κ1) is 18.6. The van der Waals surface area contributed by atoms with Gasteiger partial charge in [0.25, 0.3) is 0 Å². The van der Waals surface area contributed by atoms with E-state index in [1.807, 2.05) is 50.2 Å². The molecule has 1 saturated heterocycles. The van der Waals surface area contributed by atoms with Crippen LogP contribution in [0, 0.1) is 0 Å². The number of carbonyl (C=O) groups excluding carboxylic acids is 1. The van der Waals surface area contributed by atoms with Gasteiger partial charge in [0, 0.05) is 26.2 Å². The van der Waals surface area contributed by atoms with E-state index < -0.39 is 0 Å². The molecule has 1 heterocycles. The van der Waals surface area contributed by atoms with Gasteiger partial charge in [0.15, 0.2) is 0 Å². The summed E-state index contributed by atoms with van der Waals surface area (Å²) in [5.41, 5.74) is 4.10. The zero-order valence-electron chi connectivity index (χ0n) is 15.6. The summed E-state index contributed by atoms with van der Waals surface area (Å²) >= 11 is 0. The van der Waals surface area contributed by atoms with E-state index in [1.54, 1.807) is 0 Å². The van der Waals surface area contributed by atoms with Crippen LogP contribution in [0.4, 0.5) is 0 Å². The highest BCUT2D eigenvalue weighted by Crippen LogP contribution is 2.27. The molecule has 0 aromatic heterocycles. The van der Waals surface area contributed by atoms with Crippen molar-refractivity contribution in [1.29, 1.82) is 0 Å². The number of nitrogens with zero attached hydrogens (tertiary/aromatic N) is 1. The molecule has 0 spiro atoms. The van der Waals surface area contributed by atoms with Crippen molar-refractivity contribution in [1.82, 2.24) is 4.90 Å². The van der Waals surface area contributed by atoms with Crippen LogP contribution in [0.2, 0.25) is 0 Å². The maximum absolute atomic E-state index is 12.2. The largest absolute Gasteiger partial charge is 0.462 e. The van der Waals surface area contributed by atoms with Crippen molar-refractivity contribution >= 4 is 5.97 Å². The van der Waals surface area contributed by atoms with Crippen molar-refractivity contribution < 1.29 is 14.3 Å². The fourth-order valence-electron chi connectivity index (χ4n) is 3.52. The van der Waals surface area contributed by atoms with Gasteiger partial charge in [-0.2, -0.15) is 0 Å². The summed E-state index contributed by atoms with van der Waals surface area (Å²) in [7, 11) is 0. The topological polar surface area (TPSA) is 38.8 Å². The van der Waals surface area contributed by atoms with E-state index in [0.29, 0.717) is 18.3 Å². The molecule has 1 aliphatic heterocycles. The Kier molecular flexibility index (Phi) is 6.42. The van der Waals surface area contributed by atoms with Crippen LogP contribution in [0.5, 0.6) is 0 Å². The van der Waals surface area contributed by atoms with Gasteiger partial charge in [-0.1, -0.05) is 36.4 Å². The van der Waals surface area contributed by atoms with Crippen LogP contribution in [0.25, 0.3) is 11.1 Å². The van der Waals surface area contributed by atoms with Crippen molar-refractivity contribution in [3.8, 4) is 11.1 Å². The number of carbonyl (C=O) groups is 1. The molecular weight excluding hydrogens is 326 g/mol. The van der Waals surface area contributed by atoms with Crippen molar-refractivity contribution in [2.75, 3.05) is 26.3 Å². The second-order valence-corrected chi connectivity index (χ2v) is 6.56. The van der Waals surface area contributed by atoms with Crippen LogP contribution in [0.1, 0.15) is 36.2 Å². The van der Waals surface area contributed by atoms with Crippen LogP contribution in [0.3, 0.4) is 0 Å². The highest BCUT2D eigenvalue weighted by Gasteiger charge is 2.24. The fourth-order valence-corrected chi connectivity index (χ4v) is 3.52. The predicted octanol–water partition coefficient (Wildman–Crippen LogP) is 4.14. The van der Waals surface area contributed by atoms with E-state index in [9.17, 15) is 4.79 Å². The molecule has 3 rings (SSSR count). The highest BCUT2D eigenvalue weighted by atomic mass is 16.5. The lowest BCUT2D eigenvalue weighted by molar-refractivity contribution is 0.0526. The Bertz CT molecular complexity index is 729. The standard InChI is InChI=1S/C22H27NO3/c1-3-25-20-12-13-23(16-20)15-19-14-18(22(24)26-4-2)10-11-21(19)17-8-6-5-7-9-17/h5-11,14,20H,3-4,12-13,15-16H2,1-2H3. The zero-order chi connectivity index (χ0) is 18.4. The number of hydrogen-bond donors (Lipinski definition) is 0. The number of esters is 1. The molecule has 4 nitrogen and oxygen atoms in total. The molecule has 0 amide bonds. The molecule has 2 aromatic rings. The van der Waals surface area contributed by atoms with E-state index in [-0.39, 0.29) is 5.97 Å². The van der Waals surface area contributed by atoms with Crippen LogP contribution < -0.4 is 0 Å². The second-order valence-electron chi connectivity index (χ2n) is 6.56. The van der Waals surface area contributed by atoms with Gasteiger partial charge in [-0.05, 0) is 49.1 Å². The molecule has 26 heavy (non-hydrogen) atoms. The normalized spacial score (nSPS) is 17.4. The first-order chi connectivity index (χ1) is 12.7. The van der Waals surface area contributed by atoms with Crippen molar-refractivity contribution in [3.63, 3.8) is 0 Å². The lowest BCUT2D eigenvalue weighted by atomic mass is 9.97. The number of benzene rings is 2. The second kappa shape index (κ2) is 8.97. The summed E-state index contributed by atoms with van der Waals surface area (Å²) in [5, 5.41) is 0. The van der Waals surface area contributed by atoms with Crippen LogP contribution in [-0.4, -0.2) is 43.3 Å². The van der Waals surface area contributed by atoms with E-state index in [1.165, 1.54) is 11.1 Å². The third kappa shape index (κ3) is 4.51. The number of ether oxygens (including phenoxy) is 2. The number of hydrogen-bond acceptors (Lipinski definition) is 4. The molecular formula is C22H27NO3. The minimum atomic E-state index is -0.262. The Balaban J connectivity index is 1.86. The van der Waals surface area contributed by atoms with Crippen LogP contribution in [-0.2, 0) is 16.0 Å². The number of likely N-dealkylation sites (tertiary alicyclic amines) is 1. The third-order valence-corrected chi connectivity index (χ3v) is 4.73. The van der Waals surface area contributed by atoms with Crippen molar-refractivity contribution in [2.45, 2.75) is 32.9 Å². The average molecular weight is 353 g/mol. The van der Waals surface area contributed by atoms with Gasteiger partial charge in [0.1, 0.15) is 0 Å². The molecule has 0 radical (unpaired) electrons.